The average molecular weight is 903 g/mol. The first-order valence-electron chi connectivity index (χ1n) is 22.6. The van der Waals surface area contributed by atoms with E-state index >= 15 is 0 Å². The molecular weight excluding hydrogens is 833 g/mol. The summed E-state index contributed by atoms with van der Waals surface area (Å²) in [5, 5.41) is 0. The summed E-state index contributed by atoms with van der Waals surface area (Å²) in [6.07, 6.45) is 31.4. The van der Waals surface area contributed by atoms with Crippen LogP contribution >= 0.6 is 0 Å². The fourth-order valence-corrected chi connectivity index (χ4v) is 8.37. The van der Waals surface area contributed by atoms with E-state index in [4.69, 9.17) is 9.47 Å². The Bertz CT molecular complexity index is 1810. The Kier molecular flexibility index (Phi) is 28.9. The van der Waals surface area contributed by atoms with Gasteiger partial charge in [-0.3, -0.25) is 0 Å². The summed E-state index contributed by atoms with van der Waals surface area (Å²) in [7, 11) is -9.13. The topological polar surface area (TPSA) is 133 Å². The van der Waals surface area contributed by atoms with E-state index in [1.165, 1.54) is 189 Å². The summed E-state index contributed by atoms with van der Waals surface area (Å²) in [6, 6.07) is 27.1. The summed E-state index contributed by atoms with van der Waals surface area (Å²) in [4.78, 5) is -0.676. The van der Waals surface area contributed by atoms with Crippen LogP contribution in [-0.2, 0) is 33.1 Å². The van der Waals surface area contributed by atoms with E-state index in [-0.39, 0.29) is 59.0 Å². The van der Waals surface area contributed by atoms with Gasteiger partial charge in [-0.1, -0.05) is 191 Å². The molecule has 0 saturated carbocycles. The minimum absolute atomic E-state index is 0. The molecule has 0 amide bonds. The third-order valence-corrected chi connectivity index (χ3v) is 12.4. The van der Waals surface area contributed by atoms with Crippen LogP contribution in [0, 0.1) is 0 Å². The molecule has 0 saturated heterocycles. The number of hydrogen-bond donors (Lipinski definition) is 0. The number of rotatable bonds is 30. The molecule has 0 aliphatic rings. The number of ether oxygens (including phenoxy) is 2. The molecule has 0 aromatic heterocycles. The van der Waals surface area contributed by atoms with Gasteiger partial charge < -0.3 is 18.6 Å². The fourth-order valence-electron chi connectivity index (χ4n) is 7.17. The van der Waals surface area contributed by atoms with Crippen molar-refractivity contribution in [3.8, 4) is 23.0 Å². The van der Waals surface area contributed by atoms with Crippen molar-refractivity contribution in [2.24, 2.45) is 0 Å². The summed E-state index contributed by atoms with van der Waals surface area (Å²) < 4.78 is 79.3. The van der Waals surface area contributed by atoms with Crippen LogP contribution in [0.5, 0.6) is 23.0 Å². The van der Waals surface area contributed by atoms with Crippen molar-refractivity contribution in [1.29, 1.82) is 0 Å². The standard InChI is InChI=1S/2C25H36O4S.Ca/c2*1-2-3-4-5-6-7-8-9-10-11-12-15-22-18-20-23(21-19-22)29-24-16-13-14-17-25(24)30(26,27)28;/h2*13-14,16-21H,2-12,15H2,1H3,(H,26,27,28);/q;;+2/p-2. The van der Waals surface area contributed by atoms with Gasteiger partial charge >= 0.3 is 37.7 Å². The SMILES string of the molecule is CCCCCCCCCCCCCc1ccc(Oc2ccccc2S(=O)(=O)[O-])cc1.CCCCCCCCCCCCCc1ccc(Oc2ccccc2S(=O)(=O)[O-])cc1.[Ca+2]. The Hall–Kier alpha value is -2.44. The van der Waals surface area contributed by atoms with Crippen LogP contribution in [0.3, 0.4) is 0 Å². The summed E-state index contributed by atoms with van der Waals surface area (Å²) >= 11 is 0. The van der Waals surface area contributed by atoms with Crippen LogP contribution in [0.25, 0.3) is 0 Å². The molecule has 11 heteroatoms. The monoisotopic (exact) mass is 902 g/mol. The molecule has 8 nitrogen and oxygen atoms in total. The van der Waals surface area contributed by atoms with E-state index in [0.29, 0.717) is 11.5 Å². The van der Waals surface area contributed by atoms with Gasteiger partial charge in [0.25, 0.3) is 0 Å². The zero-order chi connectivity index (χ0) is 43.3. The van der Waals surface area contributed by atoms with Crippen LogP contribution in [0.15, 0.2) is 107 Å². The molecule has 0 aliphatic carbocycles. The molecule has 0 fully saturated rings. The average Bonchev–Trinajstić information content (AvgIpc) is 3.23. The maximum absolute atomic E-state index is 11.3. The molecule has 4 aromatic carbocycles. The zero-order valence-corrected chi connectivity index (χ0v) is 40.8. The van der Waals surface area contributed by atoms with Crippen LogP contribution in [0.2, 0.25) is 0 Å². The molecule has 4 rings (SSSR count). The second-order valence-electron chi connectivity index (χ2n) is 15.9. The zero-order valence-electron chi connectivity index (χ0n) is 37.0. The minimum atomic E-state index is -4.57. The van der Waals surface area contributed by atoms with Crippen molar-refractivity contribution in [3.63, 3.8) is 0 Å². The van der Waals surface area contributed by atoms with E-state index in [2.05, 4.69) is 13.8 Å². The molecule has 332 valence electrons. The maximum atomic E-state index is 11.3. The molecule has 0 atom stereocenters. The largest absolute Gasteiger partial charge is 2.00 e. The van der Waals surface area contributed by atoms with Crippen molar-refractivity contribution in [2.75, 3.05) is 0 Å². The predicted octanol–water partition coefficient (Wildman–Crippen LogP) is 14.1. The quantitative estimate of drug-likeness (QED) is 0.0287. The van der Waals surface area contributed by atoms with Crippen molar-refractivity contribution in [2.45, 2.75) is 178 Å². The van der Waals surface area contributed by atoms with Gasteiger partial charge in [-0.05, 0) is 85.3 Å². The van der Waals surface area contributed by atoms with Crippen LogP contribution in [0.1, 0.15) is 166 Å². The molecule has 0 heterocycles. The van der Waals surface area contributed by atoms with Crippen LogP contribution < -0.4 is 9.47 Å². The Labute approximate surface area is 399 Å². The first-order chi connectivity index (χ1) is 29.0. The molecule has 0 bridgehead atoms. The van der Waals surface area contributed by atoms with Crippen LogP contribution in [-0.4, -0.2) is 63.7 Å². The third kappa shape index (κ3) is 24.3. The number of benzene rings is 4. The minimum Gasteiger partial charge on any atom is -0.744 e. The molecule has 4 aromatic rings. The summed E-state index contributed by atoms with van der Waals surface area (Å²) in [5.74, 6) is 1.17. The first kappa shape index (κ1) is 54.7. The van der Waals surface area contributed by atoms with E-state index in [0.717, 1.165) is 12.8 Å². The molecule has 0 N–H and O–H groups in total. The summed E-state index contributed by atoms with van der Waals surface area (Å²) in [5.41, 5.74) is 2.48. The molecule has 0 radical (unpaired) electrons. The van der Waals surface area contributed by atoms with Gasteiger partial charge in [0.05, 0.1) is 9.79 Å². The Morgan fingerprint density at radius 2 is 0.639 bits per heavy atom. The van der Waals surface area contributed by atoms with Crippen LogP contribution in [0.4, 0.5) is 0 Å². The number of hydrogen-bond acceptors (Lipinski definition) is 8. The van der Waals surface area contributed by atoms with Crippen molar-refractivity contribution < 1.29 is 35.4 Å². The molecular formula is C50H70CaO8S2. The van der Waals surface area contributed by atoms with E-state index < -0.39 is 20.2 Å². The maximum Gasteiger partial charge on any atom is 2.00 e. The third-order valence-electron chi connectivity index (χ3n) is 10.7. The molecule has 0 spiro atoms. The second kappa shape index (κ2) is 32.3. The predicted molar refractivity (Wildman–Crippen MR) is 248 cm³/mol. The number of aryl methyl sites for hydroxylation is 2. The van der Waals surface area contributed by atoms with Crippen molar-refractivity contribution in [1.82, 2.24) is 0 Å². The molecule has 0 unspecified atom stereocenters. The van der Waals surface area contributed by atoms with Gasteiger partial charge in [0.2, 0.25) is 0 Å². The van der Waals surface area contributed by atoms with Gasteiger partial charge in [-0.15, -0.1) is 0 Å². The van der Waals surface area contributed by atoms with Crippen molar-refractivity contribution in [3.05, 3.63) is 108 Å². The Balaban J connectivity index is 0.000000413. The Morgan fingerprint density at radius 1 is 0.377 bits per heavy atom. The molecule has 0 aliphatic heterocycles. The number of para-hydroxylation sites is 2. The number of unbranched alkanes of at least 4 members (excludes halogenated alkanes) is 20. The van der Waals surface area contributed by atoms with Gasteiger partial charge in [-0.2, -0.15) is 0 Å². The van der Waals surface area contributed by atoms with Gasteiger partial charge in [0, 0.05) is 0 Å². The van der Waals surface area contributed by atoms with Gasteiger partial charge in [0.15, 0.2) is 0 Å². The summed E-state index contributed by atoms with van der Waals surface area (Å²) in [6.45, 7) is 4.51. The van der Waals surface area contributed by atoms with E-state index in [1.807, 2.05) is 48.5 Å². The van der Waals surface area contributed by atoms with Gasteiger partial charge in [0.1, 0.15) is 43.2 Å². The normalized spacial score (nSPS) is 11.3. The Morgan fingerprint density at radius 3 is 0.918 bits per heavy atom. The second-order valence-corrected chi connectivity index (χ2v) is 18.6. The van der Waals surface area contributed by atoms with E-state index in [1.54, 1.807) is 12.1 Å². The molecule has 61 heavy (non-hydrogen) atoms. The van der Waals surface area contributed by atoms with Gasteiger partial charge in [-0.25, -0.2) is 16.8 Å². The smallest absolute Gasteiger partial charge is 0.744 e. The van der Waals surface area contributed by atoms with Crippen molar-refractivity contribution >= 4 is 58.0 Å². The van der Waals surface area contributed by atoms with E-state index in [9.17, 15) is 25.9 Å². The fraction of sp³-hybridized carbons (Fsp3) is 0.520. The first-order valence-corrected chi connectivity index (χ1v) is 25.5.